The van der Waals surface area contributed by atoms with E-state index in [1.807, 2.05) is 42.5 Å². The fraction of sp³-hybridized carbons (Fsp3) is 0. The molecule has 0 saturated heterocycles. The third kappa shape index (κ3) is 1.48. The molecule has 0 atom stereocenters. The van der Waals surface area contributed by atoms with E-state index in [4.69, 9.17) is 5.53 Å². The normalized spacial score (nSPS) is 10.6. The van der Waals surface area contributed by atoms with Crippen LogP contribution < -0.4 is 0 Å². The summed E-state index contributed by atoms with van der Waals surface area (Å²) in [6.07, 6.45) is 0. The minimum absolute atomic E-state index is 0.198. The standard InChI is InChI=1S/C12H8N4O/c13-14-12-11(15-17-16-12)10-7-6-8-4-2-1-3-5-9(8)10/h1-7,13H. The van der Waals surface area contributed by atoms with E-state index < -0.39 is 0 Å². The highest BCUT2D eigenvalue weighted by molar-refractivity contribution is 5.87. The van der Waals surface area contributed by atoms with Crippen LogP contribution in [0.3, 0.4) is 0 Å². The molecule has 0 amide bonds. The quantitative estimate of drug-likeness (QED) is 0.677. The van der Waals surface area contributed by atoms with Crippen molar-refractivity contribution in [3.63, 3.8) is 0 Å². The third-order valence-corrected chi connectivity index (χ3v) is 2.62. The van der Waals surface area contributed by atoms with Crippen LogP contribution in [0.25, 0.3) is 22.4 Å². The van der Waals surface area contributed by atoms with Crippen molar-refractivity contribution in [3.05, 3.63) is 42.5 Å². The van der Waals surface area contributed by atoms with Crippen molar-refractivity contribution in [2.75, 3.05) is 0 Å². The fourth-order valence-corrected chi connectivity index (χ4v) is 1.85. The molecule has 3 rings (SSSR count). The fourth-order valence-electron chi connectivity index (χ4n) is 1.85. The Morgan fingerprint density at radius 1 is 0.941 bits per heavy atom. The van der Waals surface area contributed by atoms with Crippen molar-refractivity contribution in [1.82, 2.24) is 10.3 Å². The van der Waals surface area contributed by atoms with Gasteiger partial charge in [0.05, 0.1) is 0 Å². The highest BCUT2D eigenvalue weighted by Crippen LogP contribution is 2.37. The predicted octanol–water partition coefficient (Wildman–Crippen LogP) is 3.50. The molecule has 82 valence electrons. The highest BCUT2D eigenvalue weighted by atomic mass is 16.6. The first-order chi connectivity index (χ1) is 8.40. The van der Waals surface area contributed by atoms with Crippen molar-refractivity contribution in [3.8, 4) is 22.4 Å². The molecule has 0 spiro atoms. The van der Waals surface area contributed by atoms with Crippen LogP contribution in [0, 0.1) is 5.53 Å². The van der Waals surface area contributed by atoms with Gasteiger partial charge in [0.1, 0.15) is 0 Å². The topological polar surface area (TPSA) is 75.1 Å². The van der Waals surface area contributed by atoms with Crippen molar-refractivity contribution in [2.45, 2.75) is 0 Å². The lowest BCUT2D eigenvalue weighted by atomic mass is 10.1. The summed E-state index contributed by atoms with van der Waals surface area (Å²) in [4.78, 5) is 0. The van der Waals surface area contributed by atoms with Gasteiger partial charge < -0.3 is 0 Å². The number of rotatable bonds is 2. The second-order valence-corrected chi connectivity index (χ2v) is 3.57. The van der Waals surface area contributed by atoms with Gasteiger partial charge in [-0.1, -0.05) is 42.5 Å². The Morgan fingerprint density at radius 2 is 1.82 bits per heavy atom. The number of hydrogen-bond acceptors (Lipinski definition) is 5. The van der Waals surface area contributed by atoms with Gasteiger partial charge in [-0.05, 0) is 21.4 Å². The van der Waals surface area contributed by atoms with Crippen molar-refractivity contribution in [1.29, 1.82) is 5.53 Å². The molecule has 0 aliphatic heterocycles. The van der Waals surface area contributed by atoms with Gasteiger partial charge in [-0.15, -0.1) is 5.11 Å². The summed E-state index contributed by atoms with van der Waals surface area (Å²) < 4.78 is 4.62. The summed E-state index contributed by atoms with van der Waals surface area (Å²) in [5.74, 6) is 0.198. The number of hydrogen-bond donors (Lipinski definition) is 1. The highest BCUT2D eigenvalue weighted by Gasteiger charge is 2.17. The van der Waals surface area contributed by atoms with E-state index in [2.05, 4.69) is 20.1 Å². The maximum Gasteiger partial charge on any atom is 0.245 e. The van der Waals surface area contributed by atoms with Crippen molar-refractivity contribution < 1.29 is 4.63 Å². The lowest BCUT2D eigenvalue weighted by Crippen LogP contribution is -1.77. The number of nitrogens with zero attached hydrogens (tertiary/aromatic N) is 3. The Bertz CT molecular complexity index is 647. The van der Waals surface area contributed by atoms with Crippen molar-refractivity contribution in [2.24, 2.45) is 5.11 Å². The van der Waals surface area contributed by atoms with E-state index >= 15 is 0 Å². The zero-order chi connectivity index (χ0) is 11.7. The molecule has 1 aromatic rings. The van der Waals surface area contributed by atoms with E-state index in [0.717, 1.165) is 16.7 Å². The summed E-state index contributed by atoms with van der Waals surface area (Å²) in [5.41, 5.74) is 10.5. The zero-order valence-corrected chi connectivity index (χ0v) is 8.79. The number of nitrogens with one attached hydrogen (secondary N) is 1. The van der Waals surface area contributed by atoms with Crippen LogP contribution in [-0.4, -0.2) is 10.3 Å². The first-order valence-electron chi connectivity index (χ1n) is 5.08. The molecule has 0 unspecified atom stereocenters. The molecule has 0 saturated carbocycles. The SMILES string of the molecule is N=Nc1nonc1-c1ccc2cccccc1-2. The largest absolute Gasteiger partial charge is 0.245 e. The number of aromatic nitrogens is 2. The molecule has 5 heteroatoms. The van der Waals surface area contributed by atoms with Gasteiger partial charge in [0, 0.05) is 5.56 Å². The summed E-state index contributed by atoms with van der Waals surface area (Å²) in [7, 11) is 0. The molecule has 2 aliphatic carbocycles. The second-order valence-electron chi connectivity index (χ2n) is 3.57. The maximum absolute atomic E-state index is 7.01. The molecule has 0 bridgehead atoms. The van der Waals surface area contributed by atoms with Gasteiger partial charge in [-0.25, -0.2) is 10.2 Å². The summed E-state index contributed by atoms with van der Waals surface area (Å²) >= 11 is 0. The Hall–Kier alpha value is -2.56. The molecule has 0 radical (unpaired) electrons. The van der Waals surface area contributed by atoms with Crippen LogP contribution in [0.2, 0.25) is 0 Å². The van der Waals surface area contributed by atoms with Gasteiger partial charge in [0.25, 0.3) is 0 Å². The molecular weight excluding hydrogens is 216 g/mol. The van der Waals surface area contributed by atoms with Crippen LogP contribution in [-0.2, 0) is 0 Å². The molecule has 0 aromatic carbocycles. The molecule has 17 heavy (non-hydrogen) atoms. The predicted molar refractivity (Wildman–Crippen MR) is 61.2 cm³/mol. The summed E-state index contributed by atoms with van der Waals surface area (Å²) in [5, 5.41) is 10.7. The van der Waals surface area contributed by atoms with E-state index in [9.17, 15) is 0 Å². The molecule has 1 N–H and O–H groups in total. The molecule has 1 heterocycles. The second kappa shape index (κ2) is 3.79. The van der Waals surface area contributed by atoms with E-state index in [1.54, 1.807) is 0 Å². The smallest absolute Gasteiger partial charge is 0.242 e. The summed E-state index contributed by atoms with van der Waals surface area (Å²) in [6, 6.07) is 13.8. The van der Waals surface area contributed by atoms with Crippen LogP contribution in [0.15, 0.2) is 52.2 Å². The average Bonchev–Trinajstić information content (AvgIpc) is 2.89. The minimum atomic E-state index is 0.198. The molecule has 2 aliphatic rings. The molecule has 0 fully saturated rings. The van der Waals surface area contributed by atoms with Crippen LogP contribution >= 0.6 is 0 Å². The molecule has 5 nitrogen and oxygen atoms in total. The van der Waals surface area contributed by atoms with Gasteiger partial charge in [0.15, 0.2) is 5.69 Å². The van der Waals surface area contributed by atoms with Crippen LogP contribution in [0.5, 0.6) is 0 Å². The van der Waals surface area contributed by atoms with E-state index in [-0.39, 0.29) is 5.82 Å². The van der Waals surface area contributed by atoms with Gasteiger partial charge in [-0.3, -0.25) is 0 Å². The number of fused-ring (bicyclic) bond motifs is 1. The zero-order valence-electron chi connectivity index (χ0n) is 8.79. The van der Waals surface area contributed by atoms with E-state index in [0.29, 0.717) is 5.69 Å². The Labute approximate surface area is 96.9 Å². The Balaban J connectivity index is 2.24. The molecular formula is C12H8N4O. The Kier molecular flexibility index (Phi) is 2.15. The monoisotopic (exact) mass is 224 g/mol. The van der Waals surface area contributed by atoms with Crippen LogP contribution in [0.1, 0.15) is 0 Å². The van der Waals surface area contributed by atoms with Gasteiger partial charge >= 0.3 is 0 Å². The van der Waals surface area contributed by atoms with Crippen LogP contribution in [0.4, 0.5) is 5.82 Å². The summed E-state index contributed by atoms with van der Waals surface area (Å²) in [6.45, 7) is 0. The third-order valence-electron chi connectivity index (χ3n) is 2.62. The molecule has 1 aromatic heterocycles. The van der Waals surface area contributed by atoms with E-state index in [1.165, 1.54) is 0 Å². The maximum atomic E-state index is 7.01. The minimum Gasteiger partial charge on any atom is -0.242 e. The van der Waals surface area contributed by atoms with Gasteiger partial charge in [-0.2, -0.15) is 0 Å². The Morgan fingerprint density at radius 3 is 2.71 bits per heavy atom. The first-order valence-corrected chi connectivity index (χ1v) is 5.08. The first kappa shape index (κ1) is 9.65. The lowest BCUT2D eigenvalue weighted by Gasteiger charge is -1.96. The lowest BCUT2D eigenvalue weighted by molar-refractivity contribution is 0.309. The average molecular weight is 224 g/mol. The van der Waals surface area contributed by atoms with Crippen molar-refractivity contribution >= 4 is 5.82 Å². The van der Waals surface area contributed by atoms with Gasteiger partial charge in [0.2, 0.25) is 5.82 Å².